The van der Waals surface area contributed by atoms with Gasteiger partial charge in [-0.1, -0.05) is 42.1 Å². The Morgan fingerprint density at radius 2 is 1.91 bits per heavy atom. The minimum Gasteiger partial charge on any atom is -0.497 e. The van der Waals surface area contributed by atoms with Crippen LogP contribution in [0.15, 0.2) is 93.0 Å². The Bertz CT molecular complexity index is 1800. The average molecular weight is 627 g/mol. The number of hydrogen-bond acceptors (Lipinski definition) is 9. The number of furan rings is 1. The highest BCUT2D eigenvalue weighted by Gasteiger charge is 2.34. The number of hydrogen-bond donors (Lipinski definition) is 1. The topological polar surface area (TPSA) is 115 Å². The summed E-state index contributed by atoms with van der Waals surface area (Å²) >= 11 is 2.89. The van der Waals surface area contributed by atoms with Gasteiger partial charge in [0.1, 0.15) is 5.75 Å². The van der Waals surface area contributed by atoms with Gasteiger partial charge >= 0.3 is 0 Å². The Kier molecular flexibility index (Phi) is 8.62. The number of benzene rings is 2. The molecule has 1 N–H and O–H groups in total. The van der Waals surface area contributed by atoms with Crippen LogP contribution in [0.25, 0.3) is 5.69 Å². The summed E-state index contributed by atoms with van der Waals surface area (Å²) in [4.78, 5) is 27.4. The molecule has 0 bridgehead atoms. The van der Waals surface area contributed by atoms with Crippen molar-refractivity contribution in [2.75, 3.05) is 12.9 Å². The minimum atomic E-state index is -0.354. The first-order valence-electron chi connectivity index (χ1n) is 14.0. The molecule has 0 saturated carbocycles. The Morgan fingerprint density at radius 3 is 2.64 bits per heavy atom. The van der Waals surface area contributed by atoms with Gasteiger partial charge in [-0.3, -0.25) is 14.2 Å². The molecular weight excluding hydrogens is 597 g/mol. The molecule has 4 heterocycles. The summed E-state index contributed by atoms with van der Waals surface area (Å²) in [5.41, 5.74) is 4.88. The molecule has 2 amide bonds. The third-order valence-corrected chi connectivity index (χ3v) is 9.30. The third kappa shape index (κ3) is 6.03. The predicted molar refractivity (Wildman–Crippen MR) is 169 cm³/mol. The molecule has 0 fully saturated rings. The lowest BCUT2D eigenvalue weighted by Crippen LogP contribution is -2.28. The van der Waals surface area contributed by atoms with Gasteiger partial charge in [0.15, 0.2) is 16.7 Å². The lowest BCUT2D eigenvalue weighted by Gasteiger charge is -2.22. The maximum atomic E-state index is 13.8. The van der Waals surface area contributed by atoms with Crippen LogP contribution >= 0.6 is 23.1 Å². The average Bonchev–Trinajstić information content (AvgIpc) is 3.87. The summed E-state index contributed by atoms with van der Waals surface area (Å²) in [6.45, 7) is 4.18. The number of carbonyl (C=O) groups excluding carboxylic acids is 2. The molecular formula is C32H30N6O4S2. The first-order valence-corrected chi connectivity index (χ1v) is 15.8. The molecule has 3 aromatic heterocycles. The molecule has 6 rings (SSSR count). The van der Waals surface area contributed by atoms with E-state index >= 15 is 0 Å². The number of thioether (sulfide) groups is 1. The number of nitrogens with one attached hydrogen (secondary N) is 1. The number of amides is 2. The number of hydrazone groups is 1. The van der Waals surface area contributed by atoms with Crippen molar-refractivity contribution in [3.8, 4) is 11.4 Å². The molecule has 0 radical (unpaired) electrons. The monoisotopic (exact) mass is 626 g/mol. The van der Waals surface area contributed by atoms with E-state index in [-0.39, 0.29) is 35.9 Å². The first-order chi connectivity index (χ1) is 21.4. The van der Waals surface area contributed by atoms with Gasteiger partial charge in [-0.2, -0.15) is 5.10 Å². The Balaban J connectivity index is 1.26. The van der Waals surface area contributed by atoms with Gasteiger partial charge in [0.2, 0.25) is 0 Å². The lowest BCUT2D eigenvalue weighted by atomic mass is 10.0. The van der Waals surface area contributed by atoms with E-state index in [9.17, 15) is 9.59 Å². The Hall–Kier alpha value is -4.68. The molecule has 0 saturated heterocycles. The maximum Gasteiger partial charge on any atom is 0.287 e. The number of carbonyl (C=O) groups is 2. The van der Waals surface area contributed by atoms with Gasteiger partial charge in [0.05, 0.1) is 48.0 Å². The first kappa shape index (κ1) is 29.4. The van der Waals surface area contributed by atoms with Crippen molar-refractivity contribution in [1.82, 2.24) is 25.1 Å². The normalized spacial score (nSPS) is 14.5. The second kappa shape index (κ2) is 12.9. The number of methoxy groups -OCH3 is 1. The largest absolute Gasteiger partial charge is 0.497 e. The molecule has 0 aliphatic carbocycles. The molecule has 1 aliphatic rings. The minimum absolute atomic E-state index is 0.0929. The summed E-state index contributed by atoms with van der Waals surface area (Å²) in [5, 5.41) is 20.6. The summed E-state index contributed by atoms with van der Waals surface area (Å²) < 4.78 is 12.4. The fourth-order valence-electron chi connectivity index (χ4n) is 4.99. The Morgan fingerprint density at radius 1 is 1.07 bits per heavy atom. The molecule has 44 heavy (non-hydrogen) atoms. The van der Waals surface area contributed by atoms with Crippen molar-refractivity contribution >= 4 is 40.6 Å². The molecule has 1 aliphatic heterocycles. The van der Waals surface area contributed by atoms with Crippen molar-refractivity contribution in [1.29, 1.82) is 0 Å². The van der Waals surface area contributed by atoms with E-state index in [1.807, 2.05) is 78.4 Å². The number of ether oxygens (including phenoxy) is 1. The van der Waals surface area contributed by atoms with Crippen LogP contribution < -0.4 is 10.1 Å². The van der Waals surface area contributed by atoms with Crippen LogP contribution in [-0.4, -0.2) is 50.2 Å². The van der Waals surface area contributed by atoms with Crippen molar-refractivity contribution < 1.29 is 18.7 Å². The van der Waals surface area contributed by atoms with Crippen LogP contribution in [0.1, 0.15) is 50.4 Å². The van der Waals surface area contributed by atoms with Crippen molar-refractivity contribution in [2.45, 2.75) is 38.0 Å². The summed E-state index contributed by atoms with van der Waals surface area (Å²) in [6.07, 6.45) is 2.06. The highest BCUT2D eigenvalue weighted by molar-refractivity contribution is 7.99. The zero-order valence-corrected chi connectivity index (χ0v) is 26.0. The molecule has 224 valence electrons. The van der Waals surface area contributed by atoms with Gasteiger partial charge in [0.25, 0.3) is 11.8 Å². The van der Waals surface area contributed by atoms with Crippen LogP contribution in [0.2, 0.25) is 0 Å². The quantitative estimate of drug-likeness (QED) is 0.191. The van der Waals surface area contributed by atoms with Crippen molar-refractivity contribution in [3.05, 3.63) is 112 Å². The zero-order chi connectivity index (χ0) is 30.6. The fraction of sp³-hybridized carbons (Fsp3) is 0.219. The molecule has 0 spiro atoms. The van der Waals surface area contributed by atoms with Gasteiger partial charge in [-0.15, -0.1) is 21.5 Å². The second-order valence-corrected chi connectivity index (χ2v) is 12.0. The van der Waals surface area contributed by atoms with E-state index in [1.165, 1.54) is 18.0 Å². The molecule has 10 nitrogen and oxygen atoms in total. The number of aromatic nitrogens is 3. The highest BCUT2D eigenvalue weighted by Crippen LogP contribution is 2.35. The molecule has 2 aromatic carbocycles. The highest BCUT2D eigenvalue weighted by atomic mass is 32.2. The van der Waals surface area contributed by atoms with Gasteiger partial charge in [-0.05, 0) is 72.3 Å². The number of nitrogens with zero attached hydrogens (tertiary/aromatic N) is 5. The smallest absolute Gasteiger partial charge is 0.287 e. The lowest BCUT2D eigenvalue weighted by molar-refractivity contribution is -0.130. The van der Waals surface area contributed by atoms with Crippen molar-refractivity contribution in [2.24, 2.45) is 5.10 Å². The molecule has 0 unspecified atom stereocenters. The van der Waals surface area contributed by atoms with E-state index in [0.717, 1.165) is 38.7 Å². The van der Waals surface area contributed by atoms with E-state index < -0.39 is 0 Å². The van der Waals surface area contributed by atoms with E-state index in [0.29, 0.717) is 17.4 Å². The van der Waals surface area contributed by atoms with Crippen LogP contribution in [0.5, 0.6) is 5.75 Å². The second-order valence-electron chi connectivity index (χ2n) is 10.2. The predicted octanol–water partition coefficient (Wildman–Crippen LogP) is 5.95. The zero-order valence-electron chi connectivity index (χ0n) is 24.4. The third-order valence-electron chi connectivity index (χ3n) is 7.47. The van der Waals surface area contributed by atoms with Gasteiger partial charge in [0, 0.05) is 6.42 Å². The van der Waals surface area contributed by atoms with Gasteiger partial charge in [-0.25, -0.2) is 5.01 Å². The summed E-state index contributed by atoms with van der Waals surface area (Å²) in [5.74, 6) is 1.08. The van der Waals surface area contributed by atoms with Crippen LogP contribution in [-0.2, 0) is 11.3 Å². The standard InChI is InChI=1S/C32H30N6O4S2/c1-20-7-4-8-25(21(20)2)37-29(18-33-31(40)27-9-5-15-42-27)34-35-32(37)44-19-30(39)38-26(22-11-13-23(41-3)14-12-22)17-24(36-38)28-10-6-16-43-28/h4-16,26H,17-19H2,1-3H3,(H,33,40)/t26-/m0/s1. The van der Waals surface area contributed by atoms with Crippen LogP contribution in [0.3, 0.4) is 0 Å². The van der Waals surface area contributed by atoms with E-state index in [1.54, 1.807) is 35.6 Å². The summed E-state index contributed by atoms with van der Waals surface area (Å²) in [7, 11) is 1.63. The fourth-order valence-corrected chi connectivity index (χ4v) is 6.53. The maximum absolute atomic E-state index is 13.8. The van der Waals surface area contributed by atoms with E-state index in [2.05, 4.69) is 15.5 Å². The van der Waals surface area contributed by atoms with Crippen molar-refractivity contribution in [3.63, 3.8) is 0 Å². The van der Waals surface area contributed by atoms with E-state index in [4.69, 9.17) is 14.3 Å². The van der Waals surface area contributed by atoms with Gasteiger partial charge < -0.3 is 14.5 Å². The molecule has 12 heteroatoms. The number of thiophene rings is 1. The number of aryl methyl sites for hydroxylation is 1. The molecule has 1 atom stereocenters. The Labute approximate surface area is 262 Å². The number of rotatable bonds is 10. The SMILES string of the molecule is COc1ccc([C@@H]2CC(c3cccs3)=NN2C(=O)CSc2nnc(CNC(=O)c3ccco3)n2-c2cccc(C)c2C)cc1. The van der Waals surface area contributed by atoms with Crippen LogP contribution in [0, 0.1) is 13.8 Å². The van der Waals surface area contributed by atoms with Crippen LogP contribution in [0.4, 0.5) is 0 Å². The summed E-state index contributed by atoms with van der Waals surface area (Å²) in [6, 6.07) is 20.8. The molecule has 5 aromatic rings.